The summed E-state index contributed by atoms with van der Waals surface area (Å²) < 4.78 is 58.4. The van der Waals surface area contributed by atoms with Gasteiger partial charge >= 0.3 is 7.82 Å². The van der Waals surface area contributed by atoms with E-state index in [-0.39, 0.29) is 29.8 Å². The van der Waals surface area contributed by atoms with Crippen molar-refractivity contribution in [3.05, 3.63) is 137 Å². The number of aromatic nitrogens is 4. The number of nitrogens with two attached hydrogens (primary N) is 1. The number of anilines is 1. The molecule has 2 fully saturated rings. The summed E-state index contributed by atoms with van der Waals surface area (Å²) in [6, 6.07) is 31.1. The zero-order chi connectivity index (χ0) is 37.5. The largest absolute Gasteiger partial charge is 0.527 e. The molecule has 2 saturated heterocycles. The third-order valence-corrected chi connectivity index (χ3v) is 10.9. The van der Waals surface area contributed by atoms with E-state index in [2.05, 4.69) is 15.0 Å². The topological polar surface area (TPSA) is 172 Å². The van der Waals surface area contributed by atoms with Crippen molar-refractivity contribution in [3.8, 4) is 17.2 Å². The van der Waals surface area contributed by atoms with Crippen LogP contribution in [0.4, 0.5) is 5.82 Å². The molecular weight excluding hydrogens is 737 g/mol. The van der Waals surface area contributed by atoms with Crippen LogP contribution in [0.1, 0.15) is 22.9 Å². The molecule has 14 nitrogen and oxygen atoms in total. The molecule has 2 unspecified atom stereocenters. The fraction of sp³-hybridized carbons (Fsp3) is 0.237. The highest BCUT2D eigenvalue weighted by molar-refractivity contribution is 7.47. The Morgan fingerprint density at radius 2 is 1.54 bits per heavy atom. The van der Waals surface area contributed by atoms with Gasteiger partial charge in [-0.2, -0.15) is 0 Å². The van der Waals surface area contributed by atoms with E-state index in [0.29, 0.717) is 22.7 Å². The van der Waals surface area contributed by atoms with Gasteiger partial charge in [-0.1, -0.05) is 78.3 Å². The van der Waals surface area contributed by atoms with Crippen LogP contribution in [0.15, 0.2) is 116 Å². The number of hydrogen-bond donors (Lipinski definition) is 2. The number of benzene rings is 4. The smallest absolute Gasteiger partial charge is 0.497 e. The highest BCUT2D eigenvalue weighted by atomic mass is 35.5. The summed E-state index contributed by atoms with van der Waals surface area (Å²) in [6.45, 7) is -0.266. The summed E-state index contributed by atoms with van der Waals surface area (Å²) in [5, 5.41) is 0.127. The van der Waals surface area contributed by atoms with E-state index < -0.39 is 37.5 Å². The Balaban J connectivity index is 1.23. The third-order valence-electron chi connectivity index (χ3n) is 9.64. The van der Waals surface area contributed by atoms with Crippen LogP contribution in [-0.4, -0.2) is 69.7 Å². The minimum Gasteiger partial charge on any atom is -0.497 e. The molecule has 2 bridgehead atoms. The molecule has 8 rings (SSSR count). The second kappa shape index (κ2) is 14.3. The van der Waals surface area contributed by atoms with Crippen molar-refractivity contribution in [2.75, 3.05) is 33.2 Å². The summed E-state index contributed by atoms with van der Waals surface area (Å²) in [7, 11) is -1.68. The minimum absolute atomic E-state index is 0.0334. The monoisotopic (exact) mass is 771 g/mol. The predicted molar refractivity (Wildman–Crippen MR) is 197 cm³/mol. The van der Waals surface area contributed by atoms with Crippen LogP contribution in [-0.2, 0) is 28.9 Å². The van der Waals surface area contributed by atoms with Gasteiger partial charge < -0.3 is 33.9 Å². The van der Waals surface area contributed by atoms with Crippen LogP contribution in [0, 0.1) is 0 Å². The minimum atomic E-state index is -4.88. The van der Waals surface area contributed by atoms with Crippen molar-refractivity contribution in [2.45, 2.75) is 29.6 Å². The number of fused-ring (bicyclic) bond motifs is 3. The first-order valence-electron chi connectivity index (χ1n) is 16.8. The zero-order valence-corrected chi connectivity index (χ0v) is 30.7. The molecule has 3 N–H and O–H groups in total. The molecule has 2 aliphatic heterocycles. The fourth-order valence-corrected chi connectivity index (χ4v) is 8.32. The van der Waals surface area contributed by atoms with Crippen molar-refractivity contribution in [1.82, 2.24) is 19.5 Å². The summed E-state index contributed by atoms with van der Waals surface area (Å²) in [5.41, 5.74) is 6.40. The number of nitrogens with zero attached hydrogens (tertiary/aromatic N) is 4. The van der Waals surface area contributed by atoms with Crippen molar-refractivity contribution in [3.63, 3.8) is 0 Å². The van der Waals surface area contributed by atoms with Crippen LogP contribution in [0.5, 0.6) is 17.2 Å². The Kier molecular flexibility index (Phi) is 9.53. The Morgan fingerprint density at radius 3 is 2.19 bits per heavy atom. The number of halogens is 1. The SMILES string of the molecule is COc1ccc(C(OC[C@@]23CO[C@H](C2OP(=O)(O)Oc2ccccc2Cl)[C@H](n2cnc4c(N)ncnc42)O3)(c2ccccc2)c2ccc(OC)cc2)cc1. The Morgan fingerprint density at radius 1 is 0.907 bits per heavy atom. The maximum atomic E-state index is 13.8. The number of phosphoric acid groups is 1. The Hall–Kier alpha value is -5.05. The molecule has 278 valence electrons. The molecule has 4 heterocycles. The average molecular weight is 772 g/mol. The molecule has 2 aromatic heterocycles. The zero-order valence-electron chi connectivity index (χ0n) is 29.0. The third kappa shape index (κ3) is 6.35. The van der Waals surface area contributed by atoms with Gasteiger partial charge in [-0.25, -0.2) is 19.5 Å². The number of ether oxygens (including phenoxy) is 5. The van der Waals surface area contributed by atoms with Crippen molar-refractivity contribution >= 4 is 36.4 Å². The van der Waals surface area contributed by atoms with Crippen LogP contribution in [0.3, 0.4) is 0 Å². The molecule has 6 aromatic rings. The molecular formula is C38H35ClN5O9P. The van der Waals surface area contributed by atoms with Gasteiger partial charge in [0.15, 0.2) is 17.7 Å². The molecule has 5 atom stereocenters. The van der Waals surface area contributed by atoms with Crippen molar-refractivity contribution in [2.24, 2.45) is 0 Å². The van der Waals surface area contributed by atoms with Gasteiger partial charge in [0.2, 0.25) is 0 Å². The van der Waals surface area contributed by atoms with E-state index >= 15 is 0 Å². The second-order valence-electron chi connectivity index (χ2n) is 12.7. The highest BCUT2D eigenvalue weighted by Gasteiger charge is 2.66. The molecule has 0 spiro atoms. The van der Waals surface area contributed by atoms with Crippen LogP contribution < -0.4 is 19.7 Å². The lowest BCUT2D eigenvalue weighted by atomic mass is 9.79. The highest BCUT2D eigenvalue weighted by Crippen LogP contribution is 2.56. The average Bonchev–Trinajstić information content (AvgIpc) is 3.87. The summed E-state index contributed by atoms with van der Waals surface area (Å²) >= 11 is 6.29. The second-order valence-corrected chi connectivity index (χ2v) is 14.5. The van der Waals surface area contributed by atoms with Gasteiger partial charge in [-0.15, -0.1) is 0 Å². The lowest BCUT2D eigenvalue weighted by Gasteiger charge is -2.40. The molecule has 0 saturated carbocycles. The molecule has 54 heavy (non-hydrogen) atoms. The van der Waals surface area contributed by atoms with Crippen molar-refractivity contribution in [1.29, 1.82) is 0 Å². The number of nitrogen functional groups attached to an aromatic ring is 1. The van der Waals surface area contributed by atoms with E-state index in [1.807, 2.05) is 78.9 Å². The first kappa shape index (κ1) is 36.0. The standard InChI is InChI=1S/C38H35ClN5O9P/c1-47-27-16-12-25(13-17-27)38(24-8-4-3-5-9-24,26-14-18-28(48-2)19-15-26)50-21-37-20-49-32(33(37)53-54(45,46)52-30-11-7-6-10-29(30)39)36(51-37)44-23-43-31-34(40)41-22-42-35(31)44/h3-19,22-23,32-33,36H,20-21H2,1-2H3,(H,45,46)(H2,40,41,42)/t32-,33?,36-,37+/m1/s1. The van der Waals surface area contributed by atoms with Gasteiger partial charge in [0.1, 0.15) is 52.5 Å². The van der Waals surface area contributed by atoms with Gasteiger partial charge in [0.25, 0.3) is 0 Å². The number of methoxy groups -OCH3 is 2. The number of phosphoric ester groups is 1. The number of hydrogen-bond acceptors (Lipinski definition) is 12. The van der Waals surface area contributed by atoms with E-state index in [4.69, 9.17) is 50.1 Å². The molecule has 2 aliphatic rings. The van der Waals surface area contributed by atoms with Gasteiger partial charge in [-0.05, 0) is 53.1 Å². The number of para-hydroxylation sites is 1. The van der Waals surface area contributed by atoms with Crippen LogP contribution in [0.2, 0.25) is 5.02 Å². The van der Waals surface area contributed by atoms with Gasteiger partial charge in [0.05, 0.1) is 38.8 Å². The lowest BCUT2D eigenvalue weighted by molar-refractivity contribution is -0.202. The first-order valence-corrected chi connectivity index (χ1v) is 18.7. The quantitative estimate of drug-likeness (QED) is 0.0989. The molecule has 0 aliphatic carbocycles. The van der Waals surface area contributed by atoms with Crippen LogP contribution >= 0.6 is 19.4 Å². The maximum Gasteiger partial charge on any atom is 0.527 e. The summed E-state index contributed by atoms with van der Waals surface area (Å²) in [6.07, 6.45) is -0.297. The van der Waals surface area contributed by atoms with E-state index in [9.17, 15) is 9.46 Å². The van der Waals surface area contributed by atoms with E-state index in [0.717, 1.165) is 16.7 Å². The maximum absolute atomic E-state index is 13.8. The van der Waals surface area contributed by atoms with E-state index in [1.165, 1.54) is 24.8 Å². The van der Waals surface area contributed by atoms with Gasteiger partial charge in [-0.3, -0.25) is 14.0 Å². The first-order chi connectivity index (χ1) is 26.2. The molecule has 0 amide bonds. The van der Waals surface area contributed by atoms with Crippen LogP contribution in [0.25, 0.3) is 11.2 Å². The Bertz CT molecular complexity index is 2270. The molecule has 16 heteroatoms. The number of rotatable bonds is 13. The molecule has 0 radical (unpaired) electrons. The lowest BCUT2D eigenvalue weighted by Crippen LogP contribution is -2.49. The van der Waals surface area contributed by atoms with Crippen molar-refractivity contribution < 1.29 is 42.2 Å². The summed E-state index contributed by atoms with van der Waals surface area (Å²) in [4.78, 5) is 24.1. The number of imidazole rings is 1. The Labute approximate surface area is 314 Å². The van der Waals surface area contributed by atoms with Gasteiger partial charge in [0, 0.05) is 0 Å². The normalized spacial score (nSPS) is 21.9. The predicted octanol–water partition coefficient (Wildman–Crippen LogP) is 6.32. The van der Waals surface area contributed by atoms with E-state index in [1.54, 1.807) is 30.9 Å². The fourth-order valence-electron chi connectivity index (χ4n) is 7.04. The summed E-state index contributed by atoms with van der Waals surface area (Å²) in [5.74, 6) is 1.46. The molecule has 4 aromatic carbocycles.